The lowest BCUT2D eigenvalue weighted by Crippen LogP contribution is -2.67. The summed E-state index contributed by atoms with van der Waals surface area (Å²) >= 11 is 0. The number of aliphatic hydroxyl groups is 2. The largest absolute Gasteiger partial charge is 0.508 e. The van der Waals surface area contributed by atoms with E-state index in [0.29, 0.717) is 34.4 Å². The minimum Gasteiger partial charge on any atom is -0.508 e. The fourth-order valence-corrected chi connectivity index (χ4v) is 6.26. The van der Waals surface area contributed by atoms with Gasteiger partial charge in [0.15, 0.2) is 17.2 Å². The van der Waals surface area contributed by atoms with E-state index in [9.17, 15) is 20.1 Å². The Bertz CT molecular complexity index is 1630. The molecular weight excluding hydrogens is 501 g/mol. The van der Waals surface area contributed by atoms with E-state index in [0.717, 1.165) is 36.7 Å². The van der Waals surface area contributed by atoms with E-state index in [2.05, 4.69) is 15.2 Å². The van der Waals surface area contributed by atoms with Crippen LogP contribution in [0.15, 0.2) is 48.5 Å². The highest BCUT2D eigenvalue weighted by molar-refractivity contribution is 6.01. The Hall–Kier alpha value is -3.86. The highest BCUT2D eigenvalue weighted by atomic mass is 19.1. The Labute approximate surface area is 223 Å². The molecule has 4 aromatic rings. The van der Waals surface area contributed by atoms with Gasteiger partial charge in [-0.3, -0.25) is 4.79 Å². The minimum atomic E-state index is -1.68. The van der Waals surface area contributed by atoms with Crippen molar-refractivity contribution >= 4 is 39.2 Å². The summed E-state index contributed by atoms with van der Waals surface area (Å²) in [6.07, 6.45) is 2.14. The number of rotatable bonds is 5. The molecule has 9 nitrogen and oxygen atoms in total. The number of nitrogens with one attached hydrogen (secondary N) is 1. The third kappa shape index (κ3) is 3.90. The van der Waals surface area contributed by atoms with E-state index in [1.807, 2.05) is 30.3 Å². The molecule has 3 fully saturated rings. The van der Waals surface area contributed by atoms with Crippen LogP contribution in [-0.4, -0.2) is 81.5 Å². The first-order valence-electron chi connectivity index (χ1n) is 13.2. The second kappa shape index (κ2) is 8.84. The number of ketones is 1. The normalized spacial score (nSPS) is 21.9. The van der Waals surface area contributed by atoms with Gasteiger partial charge >= 0.3 is 0 Å². The molecule has 200 valence electrons. The lowest BCUT2D eigenvalue weighted by atomic mass is 9.90. The maximum Gasteiger partial charge on any atom is 0.228 e. The SMILES string of the molecule is O=C(CO)C1(O)CN(c2nc(N3CC4CCC(C3)N4)c3ccc(-c4cc(O)cc5ccccc45)c(F)c3n2)C1. The monoisotopic (exact) mass is 529 g/mol. The summed E-state index contributed by atoms with van der Waals surface area (Å²) in [5.74, 6) is -0.327. The first kappa shape index (κ1) is 24.2. The molecular formula is C29H28FN5O4. The number of hydrogen-bond donors (Lipinski definition) is 4. The third-order valence-corrected chi connectivity index (χ3v) is 8.28. The summed E-state index contributed by atoms with van der Waals surface area (Å²) in [5, 5.41) is 36.0. The molecule has 0 saturated carbocycles. The topological polar surface area (TPSA) is 122 Å². The van der Waals surface area contributed by atoms with Crippen LogP contribution in [0.1, 0.15) is 12.8 Å². The third-order valence-electron chi connectivity index (χ3n) is 8.28. The van der Waals surface area contributed by atoms with Crippen LogP contribution in [0.4, 0.5) is 16.2 Å². The smallest absolute Gasteiger partial charge is 0.228 e. The van der Waals surface area contributed by atoms with Crippen molar-refractivity contribution in [2.75, 3.05) is 42.6 Å². The molecule has 0 spiro atoms. The number of benzene rings is 3. The van der Waals surface area contributed by atoms with Gasteiger partial charge < -0.3 is 30.4 Å². The number of carbonyl (C=O) groups is 1. The molecule has 2 unspecified atom stereocenters. The van der Waals surface area contributed by atoms with Crippen molar-refractivity contribution in [3.63, 3.8) is 0 Å². The molecule has 3 aliphatic rings. The molecule has 10 heteroatoms. The molecule has 1 aromatic heterocycles. The molecule has 3 saturated heterocycles. The van der Waals surface area contributed by atoms with Gasteiger partial charge in [0.1, 0.15) is 23.7 Å². The molecule has 0 aliphatic carbocycles. The van der Waals surface area contributed by atoms with Gasteiger partial charge in [-0.2, -0.15) is 4.98 Å². The second-order valence-electron chi connectivity index (χ2n) is 10.9. The maximum absolute atomic E-state index is 16.5. The van der Waals surface area contributed by atoms with Crippen molar-refractivity contribution in [1.29, 1.82) is 0 Å². The van der Waals surface area contributed by atoms with Crippen LogP contribution in [0.2, 0.25) is 0 Å². The van der Waals surface area contributed by atoms with Crippen molar-refractivity contribution in [3.05, 3.63) is 54.3 Å². The highest BCUT2D eigenvalue weighted by Gasteiger charge is 2.48. The molecule has 7 rings (SSSR count). The fraction of sp³-hybridized carbons (Fsp3) is 0.345. The lowest BCUT2D eigenvalue weighted by molar-refractivity contribution is -0.142. The van der Waals surface area contributed by atoms with Crippen LogP contribution >= 0.6 is 0 Å². The zero-order valence-electron chi connectivity index (χ0n) is 21.1. The van der Waals surface area contributed by atoms with E-state index in [1.165, 1.54) is 0 Å². The minimum absolute atomic E-state index is 0.0389. The van der Waals surface area contributed by atoms with Crippen LogP contribution in [-0.2, 0) is 4.79 Å². The zero-order valence-corrected chi connectivity index (χ0v) is 21.1. The lowest BCUT2D eigenvalue weighted by Gasteiger charge is -2.45. The van der Waals surface area contributed by atoms with Crippen LogP contribution in [0, 0.1) is 5.82 Å². The van der Waals surface area contributed by atoms with Gasteiger partial charge in [-0.05, 0) is 47.4 Å². The van der Waals surface area contributed by atoms with Gasteiger partial charge in [-0.1, -0.05) is 30.3 Å². The first-order chi connectivity index (χ1) is 18.8. The molecule has 4 N–H and O–H groups in total. The predicted molar refractivity (Wildman–Crippen MR) is 146 cm³/mol. The number of carbonyl (C=O) groups excluding carboxylic acids is 1. The summed E-state index contributed by atoms with van der Waals surface area (Å²) in [7, 11) is 0. The maximum atomic E-state index is 16.5. The van der Waals surface area contributed by atoms with Gasteiger partial charge in [0.25, 0.3) is 0 Å². The number of phenolic OH excluding ortho intramolecular Hbond substituents is 1. The van der Waals surface area contributed by atoms with E-state index in [-0.39, 0.29) is 30.3 Å². The van der Waals surface area contributed by atoms with Crippen molar-refractivity contribution in [1.82, 2.24) is 15.3 Å². The number of aromatic nitrogens is 2. The Morgan fingerprint density at radius 3 is 2.49 bits per heavy atom. The van der Waals surface area contributed by atoms with Gasteiger partial charge in [-0.25, -0.2) is 9.37 Å². The number of aliphatic hydroxyl groups excluding tert-OH is 1. The van der Waals surface area contributed by atoms with E-state index >= 15 is 4.39 Å². The van der Waals surface area contributed by atoms with Gasteiger partial charge in [0.2, 0.25) is 5.95 Å². The number of hydrogen-bond acceptors (Lipinski definition) is 9. The van der Waals surface area contributed by atoms with Gasteiger partial charge in [0.05, 0.1) is 13.1 Å². The number of anilines is 2. The molecule has 3 aliphatic heterocycles. The van der Waals surface area contributed by atoms with Crippen molar-refractivity contribution in [2.24, 2.45) is 0 Å². The summed E-state index contributed by atoms with van der Waals surface area (Å²) in [5.41, 5.74) is -0.683. The summed E-state index contributed by atoms with van der Waals surface area (Å²) in [4.78, 5) is 25.2. The standard InChI is InChI=1S/C29H28FN5O4/c30-25-21(23-10-19(37)9-16-3-1-2-4-20(16)23)7-8-22-26(25)32-28(35-14-29(39,15-35)24(38)13-36)33-27(22)34-11-17-5-6-18(12-34)31-17/h1-4,7-10,17-18,31,36-37,39H,5-6,11-15H2. The zero-order chi connectivity index (χ0) is 26.9. The average Bonchev–Trinajstić information content (AvgIpc) is 3.27. The van der Waals surface area contributed by atoms with Crippen LogP contribution in [0.25, 0.3) is 32.8 Å². The number of aromatic hydroxyl groups is 1. The molecule has 2 atom stereocenters. The number of piperazine rings is 1. The predicted octanol–water partition coefficient (Wildman–Crippen LogP) is 2.35. The second-order valence-corrected chi connectivity index (χ2v) is 10.9. The molecule has 0 amide bonds. The molecule has 39 heavy (non-hydrogen) atoms. The van der Waals surface area contributed by atoms with Crippen LogP contribution < -0.4 is 15.1 Å². The van der Waals surface area contributed by atoms with Crippen molar-refractivity contribution in [2.45, 2.75) is 30.5 Å². The molecule has 0 radical (unpaired) electrons. The number of halogens is 1. The Morgan fingerprint density at radius 1 is 1.00 bits per heavy atom. The number of Topliss-reactive ketones (excluding diaryl/α,β-unsaturated/α-hetero) is 1. The van der Waals surface area contributed by atoms with Crippen molar-refractivity contribution < 1.29 is 24.5 Å². The first-order valence-corrected chi connectivity index (χ1v) is 13.2. The Morgan fingerprint density at radius 2 is 1.74 bits per heavy atom. The molecule has 4 heterocycles. The molecule has 2 bridgehead atoms. The fourth-order valence-electron chi connectivity index (χ4n) is 6.26. The Kier molecular flexibility index (Phi) is 5.48. The summed E-state index contributed by atoms with van der Waals surface area (Å²) in [6, 6.07) is 14.9. The van der Waals surface area contributed by atoms with Gasteiger partial charge in [-0.15, -0.1) is 0 Å². The van der Waals surface area contributed by atoms with Gasteiger partial charge in [0, 0.05) is 36.1 Å². The summed E-state index contributed by atoms with van der Waals surface area (Å²) in [6.45, 7) is 0.546. The number of β-amino-alcohol motifs (C(OH)–C–C–N with tert-alkyl or cyclic N) is 1. The van der Waals surface area contributed by atoms with E-state index < -0.39 is 23.8 Å². The van der Waals surface area contributed by atoms with E-state index in [4.69, 9.17) is 4.98 Å². The number of nitrogens with zero attached hydrogens (tertiary/aromatic N) is 4. The number of phenols is 1. The quantitative estimate of drug-likeness (QED) is 0.309. The number of fused-ring (bicyclic) bond motifs is 4. The van der Waals surface area contributed by atoms with Crippen LogP contribution in [0.5, 0.6) is 5.75 Å². The van der Waals surface area contributed by atoms with Crippen LogP contribution in [0.3, 0.4) is 0 Å². The highest BCUT2D eigenvalue weighted by Crippen LogP contribution is 2.39. The summed E-state index contributed by atoms with van der Waals surface area (Å²) < 4.78 is 16.5. The van der Waals surface area contributed by atoms with Crippen molar-refractivity contribution in [3.8, 4) is 16.9 Å². The average molecular weight is 530 g/mol. The molecule has 3 aromatic carbocycles. The Balaban J connectivity index is 1.38. The van der Waals surface area contributed by atoms with E-state index in [1.54, 1.807) is 23.1 Å².